The molecule has 1 aromatic carbocycles. The Morgan fingerprint density at radius 2 is 2.08 bits per heavy atom. The van der Waals surface area contributed by atoms with E-state index in [0.717, 1.165) is 19.4 Å². The summed E-state index contributed by atoms with van der Waals surface area (Å²) in [6.45, 7) is 6.70. The van der Waals surface area contributed by atoms with E-state index in [2.05, 4.69) is 16.0 Å². The normalized spacial score (nSPS) is 17.0. The summed E-state index contributed by atoms with van der Waals surface area (Å²) in [5.41, 5.74) is 0.632. The molecule has 1 aromatic rings. The number of thiocarbonyl (C=S) groups is 1. The van der Waals surface area contributed by atoms with Gasteiger partial charge in [-0.25, -0.2) is 0 Å². The lowest BCUT2D eigenvalue weighted by Crippen LogP contribution is -2.41. The average molecular weight is 363 g/mol. The second-order valence-electron chi connectivity index (χ2n) is 7.08. The van der Waals surface area contributed by atoms with Crippen LogP contribution < -0.4 is 16.0 Å². The minimum atomic E-state index is -0.532. The van der Waals surface area contributed by atoms with Crippen LogP contribution in [0.15, 0.2) is 24.3 Å². The first-order valence-electron chi connectivity index (χ1n) is 8.38. The number of rotatable bonds is 4. The number of amides is 2. The fourth-order valence-corrected chi connectivity index (χ4v) is 2.52. The molecule has 0 aromatic heterocycles. The molecular formula is C18H25N3O3S. The van der Waals surface area contributed by atoms with Crippen LogP contribution in [0.3, 0.4) is 0 Å². The average Bonchev–Trinajstić information content (AvgIpc) is 3.05. The van der Waals surface area contributed by atoms with Gasteiger partial charge in [-0.1, -0.05) is 26.8 Å². The Bertz CT molecular complexity index is 649. The molecular weight excluding hydrogens is 338 g/mol. The van der Waals surface area contributed by atoms with Gasteiger partial charge in [-0.3, -0.25) is 9.59 Å². The molecule has 0 spiro atoms. The minimum Gasteiger partial charge on any atom is -0.376 e. The molecule has 2 amide bonds. The van der Waals surface area contributed by atoms with Crippen LogP contribution in [0.4, 0.5) is 5.69 Å². The third-order valence-corrected chi connectivity index (χ3v) is 4.01. The van der Waals surface area contributed by atoms with Gasteiger partial charge in [0.05, 0.1) is 6.10 Å². The number of anilines is 1. The predicted molar refractivity (Wildman–Crippen MR) is 102 cm³/mol. The zero-order chi connectivity index (χ0) is 18.4. The lowest BCUT2D eigenvalue weighted by molar-refractivity contribution is -0.126. The predicted octanol–water partition coefficient (Wildman–Crippen LogP) is 2.45. The first kappa shape index (κ1) is 19.3. The van der Waals surface area contributed by atoms with Gasteiger partial charge in [0.25, 0.3) is 5.91 Å². The standard InChI is InChI=1S/C18H25N3O3S/c1-18(2,3)16(23)21-17(25)20-13-7-4-6-12(10-13)15(22)19-11-14-8-5-9-24-14/h4,6-7,10,14H,5,8-9,11H2,1-3H3,(H,19,22)(H2,20,21,23,25). The summed E-state index contributed by atoms with van der Waals surface area (Å²) in [5, 5.41) is 8.66. The van der Waals surface area contributed by atoms with Gasteiger partial charge in [0.2, 0.25) is 5.91 Å². The zero-order valence-corrected chi connectivity index (χ0v) is 15.7. The van der Waals surface area contributed by atoms with Crippen molar-refractivity contribution in [2.45, 2.75) is 39.7 Å². The molecule has 1 fully saturated rings. The second-order valence-corrected chi connectivity index (χ2v) is 7.49. The lowest BCUT2D eigenvalue weighted by atomic mass is 9.96. The number of carbonyl (C=O) groups is 2. The summed E-state index contributed by atoms with van der Waals surface area (Å²) in [7, 11) is 0. The molecule has 1 atom stereocenters. The quantitative estimate of drug-likeness (QED) is 0.716. The van der Waals surface area contributed by atoms with Crippen molar-refractivity contribution < 1.29 is 14.3 Å². The highest BCUT2D eigenvalue weighted by molar-refractivity contribution is 7.80. The van der Waals surface area contributed by atoms with Crippen molar-refractivity contribution in [3.8, 4) is 0 Å². The van der Waals surface area contributed by atoms with Crippen molar-refractivity contribution in [1.82, 2.24) is 10.6 Å². The van der Waals surface area contributed by atoms with Crippen molar-refractivity contribution in [2.75, 3.05) is 18.5 Å². The second kappa shape index (κ2) is 8.40. The van der Waals surface area contributed by atoms with Gasteiger partial charge in [-0.15, -0.1) is 0 Å². The van der Waals surface area contributed by atoms with E-state index in [4.69, 9.17) is 17.0 Å². The first-order valence-corrected chi connectivity index (χ1v) is 8.79. The molecule has 6 nitrogen and oxygen atoms in total. The van der Waals surface area contributed by atoms with Gasteiger partial charge in [0.1, 0.15) is 0 Å². The summed E-state index contributed by atoms with van der Waals surface area (Å²) < 4.78 is 5.50. The third-order valence-electron chi connectivity index (χ3n) is 3.81. The Morgan fingerprint density at radius 3 is 2.72 bits per heavy atom. The van der Waals surface area contributed by atoms with E-state index in [1.165, 1.54) is 0 Å². The Hall–Kier alpha value is -1.99. The summed E-state index contributed by atoms with van der Waals surface area (Å²) in [6.07, 6.45) is 2.12. The Balaban J connectivity index is 1.90. The highest BCUT2D eigenvalue weighted by Gasteiger charge is 2.22. The summed E-state index contributed by atoms with van der Waals surface area (Å²) in [4.78, 5) is 24.2. The summed E-state index contributed by atoms with van der Waals surface area (Å²) in [6, 6.07) is 6.97. The molecule has 2 rings (SSSR count). The van der Waals surface area contributed by atoms with E-state index in [1.54, 1.807) is 24.3 Å². The SMILES string of the molecule is CC(C)(C)C(=O)NC(=S)Nc1cccc(C(=O)NCC2CCCO2)c1. The highest BCUT2D eigenvalue weighted by Crippen LogP contribution is 2.14. The highest BCUT2D eigenvalue weighted by atomic mass is 32.1. The Labute approximate surface area is 153 Å². The molecule has 1 saturated heterocycles. The maximum Gasteiger partial charge on any atom is 0.251 e. The Morgan fingerprint density at radius 1 is 1.32 bits per heavy atom. The van der Waals surface area contributed by atoms with E-state index < -0.39 is 5.41 Å². The molecule has 1 unspecified atom stereocenters. The molecule has 0 radical (unpaired) electrons. The van der Waals surface area contributed by atoms with E-state index in [1.807, 2.05) is 20.8 Å². The van der Waals surface area contributed by atoms with Crippen LogP contribution in [-0.4, -0.2) is 36.2 Å². The summed E-state index contributed by atoms with van der Waals surface area (Å²) in [5.74, 6) is -0.334. The van der Waals surface area contributed by atoms with Gasteiger partial charge >= 0.3 is 0 Å². The molecule has 1 aliphatic heterocycles. The third kappa shape index (κ3) is 6.10. The van der Waals surface area contributed by atoms with Gasteiger partial charge in [0.15, 0.2) is 5.11 Å². The smallest absolute Gasteiger partial charge is 0.251 e. The fourth-order valence-electron chi connectivity index (χ4n) is 2.31. The van der Waals surface area contributed by atoms with Crippen molar-refractivity contribution in [2.24, 2.45) is 5.41 Å². The Kier molecular flexibility index (Phi) is 6.50. The van der Waals surface area contributed by atoms with E-state index >= 15 is 0 Å². The van der Waals surface area contributed by atoms with Crippen LogP contribution in [0.1, 0.15) is 44.0 Å². The van der Waals surface area contributed by atoms with Crippen LogP contribution in [0, 0.1) is 5.41 Å². The number of benzene rings is 1. The van der Waals surface area contributed by atoms with Crippen LogP contribution in [-0.2, 0) is 9.53 Å². The number of nitrogens with one attached hydrogen (secondary N) is 3. The van der Waals surface area contributed by atoms with E-state index in [9.17, 15) is 9.59 Å². The molecule has 136 valence electrons. The van der Waals surface area contributed by atoms with E-state index in [0.29, 0.717) is 17.8 Å². The molecule has 25 heavy (non-hydrogen) atoms. The maximum absolute atomic E-state index is 12.3. The number of ether oxygens (including phenoxy) is 1. The number of carbonyl (C=O) groups excluding carboxylic acids is 2. The molecule has 1 aliphatic rings. The van der Waals surface area contributed by atoms with Crippen LogP contribution in [0.5, 0.6) is 0 Å². The minimum absolute atomic E-state index is 0.102. The molecule has 1 heterocycles. The number of hydrogen-bond donors (Lipinski definition) is 3. The monoisotopic (exact) mass is 363 g/mol. The fraction of sp³-hybridized carbons (Fsp3) is 0.500. The lowest BCUT2D eigenvalue weighted by Gasteiger charge is -2.18. The molecule has 7 heteroatoms. The van der Waals surface area contributed by atoms with Gasteiger partial charge in [-0.05, 0) is 43.3 Å². The van der Waals surface area contributed by atoms with Crippen molar-refractivity contribution in [3.63, 3.8) is 0 Å². The van der Waals surface area contributed by atoms with Gasteiger partial charge in [-0.2, -0.15) is 0 Å². The van der Waals surface area contributed by atoms with Crippen LogP contribution in [0.2, 0.25) is 0 Å². The zero-order valence-electron chi connectivity index (χ0n) is 14.8. The largest absolute Gasteiger partial charge is 0.376 e. The molecule has 0 saturated carbocycles. The first-order chi connectivity index (χ1) is 11.8. The molecule has 0 bridgehead atoms. The van der Waals surface area contributed by atoms with Gasteiger partial charge < -0.3 is 20.7 Å². The van der Waals surface area contributed by atoms with Gasteiger partial charge in [0, 0.05) is 29.8 Å². The molecule has 0 aliphatic carbocycles. The maximum atomic E-state index is 12.3. The summed E-state index contributed by atoms with van der Waals surface area (Å²) >= 11 is 5.15. The van der Waals surface area contributed by atoms with Crippen molar-refractivity contribution >= 4 is 34.8 Å². The number of hydrogen-bond acceptors (Lipinski definition) is 4. The van der Waals surface area contributed by atoms with Crippen molar-refractivity contribution in [3.05, 3.63) is 29.8 Å². The van der Waals surface area contributed by atoms with E-state index in [-0.39, 0.29) is 23.0 Å². The van der Waals surface area contributed by atoms with Crippen LogP contribution >= 0.6 is 12.2 Å². The topological polar surface area (TPSA) is 79.5 Å². The van der Waals surface area contributed by atoms with Crippen LogP contribution in [0.25, 0.3) is 0 Å². The van der Waals surface area contributed by atoms with Crippen molar-refractivity contribution in [1.29, 1.82) is 0 Å². The molecule has 3 N–H and O–H groups in total.